The van der Waals surface area contributed by atoms with Crippen LogP contribution in [-0.4, -0.2) is 44.2 Å². The molecule has 0 aliphatic heterocycles. The number of carbonyl (C=O) groups excluding carboxylic acids is 1. The normalized spacial score (nSPS) is 13.9. The Morgan fingerprint density at radius 1 is 1.17 bits per heavy atom. The van der Waals surface area contributed by atoms with Crippen molar-refractivity contribution in [3.63, 3.8) is 0 Å². The van der Waals surface area contributed by atoms with Crippen LogP contribution in [0.1, 0.15) is 36.2 Å². The van der Waals surface area contributed by atoms with Crippen LogP contribution in [0.2, 0.25) is 5.02 Å². The van der Waals surface area contributed by atoms with Crippen molar-refractivity contribution in [2.45, 2.75) is 37.5 Å². The van der Waals surface area contributed by atoms with Gasteiger partial charge in [-0.1, -0.05) is 25.4 Å². The van der Waals surface area contributed by atoms with E-state index in [0.717, 1.165) is 24.4 Å². The average molecular weight is 515 g/mol. The summed E-state index contributed by atoms with van der Waals surface area (Å²) in [4.78, 5) is 12.6. The van der Waals surface area contributed by atoms with Gasteiger partial charge in [-0.3, -0.25) is 4.79 Å². The lowest BCUT2D eigenvalue weighted by Crippen LogP contribution is -2.56. The molecule has 0 fully saturated rings. The summed E-state index contributed by atoms with van der Waals surface area (Å²) in [5.41, 5.74) is 1.17. The number of aliphatic hydroxyl groups is 1. The fraction of sp³-hybridized carbons (Fsp3) is 0.304. The molecule has 0 saturated heterocycles. The van der Waals surface area contributed by atoms with E-state index in [1.807, 2.05) is 0 Å². The zero-order chi connectivity index (χ0) is 26.2. The zero-order valence-electron chi connectivity index (χ0n) is 18.7. The average Bonchev–Trinajstić information content (AvgIpc) is 3.14. The Balaban J connectivity index is 1.83. The number of nitrogens with two attached hydrogens (primary N) is 1. The van der Waals surface area contributed by atoms with Crippen LogP contribution in [0.3, 0.4) is 0 Å². The number of aromatic hydroxyl groups is 1. The molecule has 1 unspecified atom stereocenters. The number of nitrogens with one attached hydrogen (secondary N) is 1. The highest BCUT2D eigenvalue weighted by molar-refractivity contribution is 6.30. The number of benzene rings is 2. The Hall–Kier alpha value is -3.31. The molecule has 0 aliphatic carbocycles. The molecule has 1 heterocycles. The lowest BCUT2D eigenvalue weighted by Gasteiger charge is -2.38. The van der Waals surface area contributed by atoms with E-state index in [1.165, 1.54) is 18.5 Å². The van der Waals surface area contributed by atoms with E-state index < -0.39 is 47.6 Å². The van der Waals surface area contributed by atoms with Gasteiger partial charge >= 0.3 is 6.18 Å². The lowest BCUT2D eigenvalue weighted by atomic mass is 9.74. The van der Waals surface area contributed by atoms with Gasteiger partial charge < -0.3 is 21.3 Å². The predicted octanol–water partition coefficient (Wildman–Crippen LogP) is 4.34. The Morgan fingerprint density at radius 2 is 1.80 bits per heavy atom. The van der Waals surface area contributed by atoms with Crippen molar-refractivity contribution < 1.29 is 32.6 Å². The standard InChI is InChI=1S/C23H23ClF4N4O3/c1-21(2,17-9-14(25)5-8-18(17)33)11-22(35,23(26,27)28)12-30-20(34)16-10-31-32(19(16)29)15-6-3-13(24)4-7-15/h3-10,33,35H,11-12,29H2,1-2H3,(H,30,34). The number of anilines is 1. The molecule has 3 aromatic rings. The Labute approximate surface area is 203 Å². The first-order valence-electron chi connectivity index (χ1n) is 10.3. The number of phenolic OH excluding ortho intramolecular Hbond substituents is 1. The van der Waals surface area contributed by atoms with Gasteiger partial charge in [0.25, 0.3) is 5.91 Å². The topological polar surface area (TPSA) is 113 Å². The number of carbonyl (C=O) groups is 1. The van der Waals surface area contributed by atoms with Gasteiger partial charge in [-0.25, -0.2) is 9.07 Å². The van der Waals surface area contributed by atoms with Gasteiger partial charge in [0.1, 0.15) is 22.9 Å². The van der Waals surface area contributed by atoms with Crippen molar-refractivity contribution >= 4 is 23.3 Å². The van der Waals surface area contributed by atoms with Gasteiger partial charge in [0.15, 0.2) is 5.60 Å². The lowest BCUT2D eigenvalue weighted by molar-refractivity contribution is -0.263. The maximum atomic E-state index is 13.9. The predicted molar refractivity (Wildman–Crippen MR) is 122 cm³/mol. The number of nitrogens with zero attached hydrogens (tertiary/aromatic N) is 2. The molecule has 7 nitrogen and oxygen atoms in total. The van der Waals surface area contributed by atoms with Crippen molar-refractivity contribution in [2.75, 3.05) is 12.3 Å². The van der Waals surface area contributed by atoms with E-state index in [-0.39, 0.29) is 16.9 Å². The Kier molecular flexibility index (Phi) is 7.05. The van der Waals surface area contributed by atoms with Crippen LogP contribution >= 0.6 is 11.6 Å². The summed E-state index contributed by atoms with van der Waals surface area (Å²) in [6, 6.07) is 9.18. The number of phenols is 1. The van der Waals surface area contributed by atoms with Crippen molar-refractivity contribution in [3.05, 3.63) is 70.6 Å². The summed E-state index contributed by atoms with van der Waals surface area (Å²) in [6.07, 6.45) is -5.07. The van der Waals surface area contributed by atoms with Crippen LogP contribution in [0.5, 0.6) is 5.75 Å². The number of alkyl halides is 3. The molecule has 1 atom stereocenters. The third-order valence-corrected chi connectivity index (χ3v) is 5.87. The number of halogens is 5. The minimum atomic E-state index is -5.17. The molecule has 3 rings (SSSR count). The molecule has 12 heteroatoms. The Morgan fingerprint density at radius 3 is 2.40 bits per heavy atom. The van der Waals surface area contributed by atoms with E-state index in [9.17, 15) is 32.6 Å². The molecule has 35 heavy (non-hydrogen) atoms. The van der Waals surface area contributed by atoms with Crippen molar-refractivity contribution in [1.82, 2.24) is 15.1 Å². The van der Waals surface area contributed by atoms with Crippen LogP contribution in [0.4, 0.5) is 23.4 Å². The summed E-state index contributed by atoms with van der Waals surface area (Å²) in [6.45, 7) is 1.41. The highest BCUT2D eigenvalue weighted by Crippen LogP contribution is 2.43. The summed E-state index contributed by atoms with van der Waals surface area (Å²) in [5, 5.41) is 27.2. The Bertz CT molecular complexity index is 1230. The van der Waals surface area contributed by atoms with Gasteiger partial charge in [-0.05, 0) is 54.3 Å². The van der Waals surface area contributed by atoms with Gasteiger partial charge in [-0.2, -0.15) is 18.3 Å². The highest BCUT2D eigenvalue weighted by Gasteiger charge is 2.56. The molecule has 0 aliphatic rings. The largest absolute Gasteiger partial charge is 0.508 e. The van der Waals surface area contributed by atoms with E-state index in [4.69, 9.17) is 17.3 Å². The second kappa shape index (κ2) is 9.38. The second-order valence-electron chi connectivity index (χ2n) is 8.77. The number of amides is 1. The molecule has 1 aromatic heterocycles. The fourth-order valence-electron chi connectivity index (χ4n) is 3.78. The SMILES string of the molecule is CC(C)(CC(O)(CNC(=O)c1cnn(-c2ccc(Cl)cc2)c1N)C(F)(F)F)c1cc(F)ccc1O. The number of hydrogen-bond acceptors (Lipinski definition) is 5. The van der Waals surface area contributed by atoms with Crippen LogP contribution in [0.25, 0.3) is 5.69 Å². The molecular formula is C23H23ClF4N4O3. The minimum Gasteiger partial charge on any atom is -0.508 e. The molecule has 2 aromatic carbocycles. The number of rotatable bonds is 7. The number of aromatic nitrogens is 2. The first-order valence-corrected chi connectivity index (χ1v) is 10.7. The second-order valence-corrected chi connectivity index (χ2v) is 9.20. The van der Waals surface area contributed by atoms with E-state index >= 15 is 0 Å². The first-order chi connectivity index (χ1) is 16.1. The number of nitrogen functional groups attached to an aromatic ring is 1. The van der Waals surface area contributed by atoms with Crippen molar-refractivity contribution in [1.29, 1.82) is 0 Å². The first kappa shape index (κ1) is 26.3. The molecule has 0 bridgehead atoms. The summed E-state index contributed by atoms with van der Waals surface area (Å²) in [5.74, 6) is -2.31. The van der Waals surface area contributed by atoms with E-state index in [1.54, 1.807) is 24.3 Å². The monoisotopic (exact) mass is 514 g/mol. The van der Waals surface area contributed by atoms with Crippen molar-refractivity contribution in [2.24, 2.45) is 0 Å². The van der Waals surface area contributed by atoms with Gasteiger partial charge in [0.2, 0.25) is 0 Å². The summed E-state index contributed by atoms with van der Waals surface area (Å²) < 4.78 is 56.7. The third kappa shape index (κ3) is 5.51. The molecule has 188 valence electrons. The molecule has 5 N–H and O–H groups in total. The molecular weight excluding hydrogens is 492 g/mol. The van der Waals surface area contributed by atoms with Crippen molar-refractivity contribution in [3.8, 4) is 11.4 Å². The zero-order valence-corrected chi connectivity index (χ0v) is 19.5. The van der Waals surface area contributed by atoms with E-state index in [0.29, 0.717) is 10.7 Å². The molecule has 0 spiro atoms. The van der Waals surface area contributed by atoms with Crippen LogP contribution in [0, 0.1) is 5.82 Å². The maximum absolute atomic E-state index is 13.9. The van der Waals surface area contributed by atoms with Gasteiger partial charge in [0, 0.05) is 10.6 Å². The quantitative estimate of drug-likeness (QED) is 0.350. The minimum absolute atomic E-state index is 0.125. The highest BCUT2D eigenvalue weighted by atomic mass is 35.5. The molecule has 0 saturated carbocycles. The summed E-state index contributed by atoms with van der Waals surface area (Å²) in [7, 11) is 0. The summed E-state index contributed by atoms with van der Waals surface area (Å²) >= 11 is 5.84. The van der Waals surface area contributed by atoms with Crippen LogP contribution in [-0.2, 0) is 5.41 Å². The third-order valence-electron chi connectivity index (χ3n) is 5.61. The van der Waals surface area contributed by atoms with Gasteiger partial charge in [-0.15, -0.1) is 0 Å². The molecule has 1 amide bonds. The van der Waals surface area contributed by atoms with E-state index in [2.05, 4.69) is 10.4 Å². The van der Waals surface area contributed by atoms with Gasteiger partial charge in [0.05, 0.1) is 18.4 Å². The molecule has 0 radical (unpaired) electrons. The maximum Gasteiger partial charge on any atom is 0.418 e. The number of hydrogen-bond donors (Lipinski definition) is 4. The van der Waals surface area contributed by atoms with Crippen LogP contribution < -0.4 is 11.1 Å². The van der Waals surface area contributed by atoms with Crippen LogP contribution in [0.15, 0.2) is 48.7 Å². The fourth-order valence-corrected chi connectivity index (χ4v) is 3.91. The smallest absolute Gasteiger partial charge is 0.418 e.